The zero-order valence-electron chi connectivity index (χ0n) is 19.9. The van der Waals surface area contributed by atoms with Gasteiger partial charge in [0.25, 0.3) is 0 Å². The number of piperidine rings is 1. The second kappa shape index (κ2) is 11.4. The summed E-state index contributed by atoms with van der Waals surface area (Å²) in [7, 11) is -3.52. The van der Waals surface area contributed by atoms with Crippen LogP contribution in [-0.2, 0) is 22.6 Å². The van der Waals surface area contributed by atoms with Gasteiger partial charge in [-0.3, -0.25) is 4.98 Å². The van der Waals surface area contributed by atoms with Crippen molar-refractivity contribution >= 4 is 10.0 Å². The van der Waals surface area contributed by atoms with E-state index >= 15 is 0 Å². The summed E-state index contributed by atoms with van der Waals surface area (Å²) in [6, 6.07) is 8.89. The Kier molecular flexibility index (Phi) is 8.50. The average molecular weight is 510 g/mol. The maximum atomic E-state index is 13.0. The van der Waals surface area contributed by atoms with Crippen LogP contribution in [0, 0.1) is 11.8 Å². The van der Waals surface area contributed by atoms with Gasteiger partial charge in [-0.2, -0.15) is 13.2 Å². The molecule has 0 spiro atoms. The highest BCUT2D eigenvalue weighted by atomic mass is 32.2. The molecule has 4 rings (SSSR count). The van der Waals surface area contributed by atoms with Crippen LogP contribution in [0.5, 0.6) is 0 Å². The number of sulfonamides is 1. The molecule has 1 aliphatic carbocycles. The van der Waals surface area contributed by atoms with Crippen LogP contribution >= 0.6 is 0 Å². The van der Waals surface area contributed by atoms with Crippen molar-refractivity contribution in [3.8, 4) is 0 Å². The predicted molar refractivity (Wildman–Crippen MR) is 129 cm³/mol. The number of pyridine rings is 1. The summed E-state index contributed by atoms with van der Waals surface area (Å²) in [6.45, 7) is 3.01. The molecule has 2 aromatic rings. The molecule has 35 heavy (non-hydrogen) atoms. The zero-order valence-corrected chi connectivity index (χ0v) is 20.7. The number of aromatic nitrogens is 1. The first-order valence-electron chi connectivity index (χ1n) is 12.5. The van der Waals surface area contributed by atoms with Gasteiger partial charge in [0.05, 0.1) is 5.56 Å². The lowest BCUT2D eigenvalue weighted by Crippen LogP contribution is -2.39. The zero-order chi connectivity index (χ0) is 24.9. The fourth-order valence-electron chi connectivity index (χ4n) is 5.35. The Balaban J connectivity index is 1.15. The molecule has 1 N–H and O–H groups in total. The highest BCUT2D eigenvalue weighted by Gasteiger charge is 2.31. The number of nitrogens with zero attached hydrogens (tertiary/aromatic N) is 2. The molecule has 1 aromatic carbocycles. The van der Waals surface area contributed by atoms with Gasteiger partial charge in [-0.05, 0) is 107 Å². The van der Waals surface area contributed by atoms with Gasteiger partial charge >= 0.3 is 6.18 Å². The van der Waals surface area contributed by atoms with E-state index < -0.39 is 21.8 Å². The molecule has 0 radical (unpaired) electrons. The third-order valence-electron chi connectivity index (χ3n) is 7.45. The molecule has 0 atom stereocenters. The van der Waals surface area contributed by atoms with Crippen molar-refractivity contribution in [1.82, 2.24) is 14.6 Å². The smallest absolute Gasteiger partial charge is 0.303 e. The van der Waals surface area contributed by atoms with E-state index in [2.05, 4.69) is 14.6 Å². The quantitative estimate of drug-likeness (QED) is 0.526. The van der Waals surface area contributed by atoms with E-state index in [0.29, 0.717) is 18.3 Å². The van der Waals surface area contributed by atoms with Crippen LogP contribution in [0.4, 0.5) is 13.2 Å². The second-order valence-corrected chi connectivity index (χ2v) is 11.7. The van der Waals surface area contributed by atoms with E-state index in [-0.39, 0.29) is 10.9 Å². The fraction of sp³-hybridized carbons (Fsp3) is 0.577. The normalized spacial score (nSPS) is 22.8. The Bertz CT molecular complexity index is 1050. The van der Waals surface area contributed by atoms with Crippen molar-refractivity contribution in [3.05, 3.63) is 59.9 Å². The molecule has 0 amide bonds. The SMILES string of the molecule is O=S(=O)(NC1CCC(CCN2CCC(Cc3cccc(C(F)(F)F)c3)CC2)CC1)c1cccnc1. The number of likely N-dealkylation sites (tertiary alicyclic amines) is 1. The highest BCUT2D eigenvalue weighted by Crippen LogP contribution is 2.32. The minimum Gasteiger partial charge on any atom is -0.303 e. The summed E-state index contributed by atoms with van der Waals surface area (Å²) in [4.78, 5) is 6.58. The lowest BCUT2D eigenvalue weighted by Gasteiger charge is -2.34. The fourth-order valence-corrected chi connectivity index (χ4v) is 6.62. The van der Waals surface area contributed by atoms with Gasteiger partial charge in [-0.1, -0.05) is 18.2 Å². The molecular weight excluding hydrogens is 475 g/mol. The Hall–Kier alpha value is -1.97. The average Bonchev–Trinajstić information content (AvgIpc) is 2.84. The summed E-state index contributed by atoms with van der Waals surface area (Å²) in [6.07, 6.45) is 6.22. The number of hydrogen-bond acceptors (Lipinski definition) is 4. The lowest BCUT2D eigenvalue weighted by molar-refractivity contribution is -0.137. The van der Waals surface area contributed by atoms with Crippen LogP contribution < -0.4 is 4.72 Å². The van der Waals surface area contributed by atoms with E-state index in [0.717, 1.165) is 76.2 Å². The van der Waals surface area contributed by atoms with Crippen LogP contribution in [0.1, 0.15) is 56.1 Å². The largest absolute Gasteiger partial charge is 0.416 e. The molecule has 5 nitrogen and oxygen atoms in total. The number of nitrogens with one attached hydrogen (secondary N) is 1. The molecule has 1 aromatic heterocycles. The molecule has 0 unspecified atom stereocenters. The van der Waals surface area contributed by atoms with Gasteiger partial charge in [0.2, 0.25) is 10.0 Å². The lowest BCUT2D eigenvalue weighted by atomic mass is 9.84. The van der Waals surface area contributed by atoms with E-state index in [1.807, 2.05) is 0 Å². The van der Waals surface area contributed by atoms with E-state index in [4.69, 9.17) is 0 Å². The molecule has 0 bridgehead atoms. The number of hydrogen-bond donors (Lipinski definition) is 1. The van der Waals surface area contributed by atoms with Crippen LogP contribution in [0.15, 0.2) is 53.7 Å². The number of benzene rings is 1. The van der Waals surface area contributed by atoms with Gasteiger partial charge in [0.15, 0.2) is 0 Å². The Labute approximate surface area is 206 Å². The van der Waals surface area contributed by atoms with E-state index in [9.17, 15) is 21.6 Å². The second-order valence-electron chi connectivity index (χ2n) is 10.0. The van der Waals surface area contributed by atoms with Crippen LogP contribution in [-0.4, -0.2) is 44.0 Å². The van der Waals surface area contributed by atoms with Crippen molar-refractivity contribution in [1.29, 1.82) is 0 Å². The number of alkyl halides is 3. The van der Waals surface area contributed by atoms with Crippen molar-refractivity contribution in [3.63, 3.8) is 0 Å². The standard InChI is InChI=1S/C26H34F3N3O2S/c27-26(28,29)23-4-1-3-22(18-23)17-21-11-15-32(16-12-21)14-10-20-6-8-24(9-7-20)31-35(33,34)25-5-2-13-30-19-25/h1-5,13,18-21,24,31H,6-12,14-17H2. The van der Waals surface area contributed by atoms with E-state index in [1.54, 1.807) is 24.4 Å². The molecule has 1 aliphatic heterocycles. The molecular formula is C26H34F3N3O2S. The van der Waals surface area contributed by atoms with Crippen molar-refractivity contribution in [2.75, 3.05) is 19.6 Å². The Morgan fingerprint density at radius 3 is 2.37 bits per heavy atom. The summed E-state index contributed by atoms with van der Waals surface area (Å²) in [5, 5.41) is 0. The third-order valence-corrected chi connectivity index (χ3v) is 8.96. The molecule has 2 heterocycles. The summed E-state index contributed by atoms with van der Waals surface area (Å²) in [5.74, 6) is 1.04. The van der Waals surface area contributed by atoms with Gasteiger partial charge in [-0.15, -0.1) is 0 Å². The Morgan fingerprint density at radius 2 is 1.71 bits per heavy atom. The minimum atomic E-state index is -4.29. The summed E-state index contributed by atoms with van der Waals surface area (Å²) < 4.78 is 66.7. The van der Waals surface area contributed by atoms with Crippen LogP contribution in [0.2, 0.25) is 0 Å². The number of rotatable bonds is 8. The first kappa shape index (κ1) is 26.1. The molecule has 1 saturated carbocycles. The first-order valence-corrected chi connectivity index (χ1v) is 14.0. The topological polar surface area (TPSA) is 62.3 Å². The summed E-state index contributed by atoms with van der Waals surface area (Å²) >= 11 is 0. The van der Waals surface area contributed by atoms with Gasteiger partial charge < -0.3 is 4.90 Å². The van der Waals surface area contributed by atoms with Crippen LogP contribution in [0.25, 0.3) is 0 Å². The maximum Gasteiger partial charge on any atom is 0.416 e. The molecule has 1 saturated heterocycles. The van der Waals surface area contributed by atoms with Gasteiger partial charge in [0.1, 0.15) is 4.90 Å². The third kappa shape index (κ3) is 7.51. The molecule has 9 heteroatoms. The van der Waals surface area contributed by atoms with Gasteiger partial charge in [-0.25, -0.2) is 13.1 Å². The number of halogens is 3. The van der Waals surface area contributed by atoms with Crippen molar-refractivity contribution in [2.24, 2.45) is 11.8 Å². The predicted octanol–water partition coefficient (Wildman–Crippen LogP) is 5.28. The van der Waals surface area contributed by atoms with Crippen molar-refractivity contribution in [2.45, 2.75) is 68.5 Å². The van der Waals surface area contributed by atoms with E-state index in [1.165, 1.54) is 18.3 Å². The maximum absolute atomic E-state index is 13.0. The molecule has 2 aliphatic rings. The minimum absolute atomic E-state index is 0.0250. The summed E-state index contributed by atoms with van der Waals surface area (Å²) in [5.41, 5.74) is 0.209. The Morgan fingerprint density at radius 1 is 0.971 bits per heavy atom. The molecule has 192 valence electrons. The van der Waals surface area contributed by atoms with Crippen molar-refractivity contribution < 1.29 is 21.6 Å². The molecule has 2 fully saturated rings. The monoisotopic (exact) mass is 509 g/mol. The van der Waals surface area contributed by atoms with Crippen LogP contribution in [0.3, 0.4) is 0 Å². The first-order chi connectivity index (χ1) is 16.7. The highest BCUT2D eigenvalue weighted by molar-refractivity contribution is 7.89. The van der Waals surface area contributed by atoms with Gasteiger partial charge in [0, 0.05) is 18.4 Å².